The Hall–Kier alpha value is -10.6. The van der Waals surface area contributed by atoms with Crippen LogP contribution in [-0.2, 0) is 5.41 Å². The number of aromatic nitrogens is 6. The third kappa shape index (κ3) is 8.45. The zero-order valence-electron chi connectivity index (χ0n) is 44.0. The largest absolute Gasteiger partial charge is 0.294 e. The Labute approximate surface area is 464 Å². The standard InChI is InChI=1S/C71H51N9/c1-71(2)64-42-57(78(66-45-72-36-39-75-66)54-28-22-51(23-29-54)48-14-6-3-7-15-48)34-35-58(64)61-43-62-63(44-65(61)71)70(80(68-47-74-38-41-77-68)56-32-26-53(27-33-56)50-18-10-5-11-19-50)60-21-13-12-20-59(60)69(62)79(67-46-73-37-40-76-67)55-30-24-52(25-31-55)49-16-8-4-9-17-49/h3-47H,1-2H3. The van der Waals surface area contributed by atoms with E-state index >= 15 is 0 Å². The fourth-order valence-electron chi connectivity index (χ4n) is 11.7. The van der Waals surface area contributed by atoms with E-state index in [1.54, 1.807) is 37.2 Å². The normalized spacial score (nSPS) is 12.2. The highest BCUT2D eigenvalue weighted by atomic mass is 15.2. The Kier molecular flexibility index (Phi) is 12.0. The van der Waals surface area contributed by atoms with Gasteiger partial charge in [-0.3, -0.25) is 29.7 Å². The highest BCUT2D eigenvalue weighted by Gasteiger charge is 2.38. The second kappa shape index (κ2) is 20.1. The first-order valence-electron chi connectivity index (χ1n) is 26.8. The molecule has 0 unspecified atom stereocenters. The lowest BCUT2D eigenvalue weighted by Crippen LogP contribution is -2.18. The molecule has 0 N–H and O–H groups in total. The number of rotatable bonds is 12. The molecule has 10 aromatic carbocycles. The molecule has 0 radical (unpaired) electrons. The fraction of sp³-hybridized carbons (Fsp3) is 0.0423. The first-order valence-corrected chi connectivity index (χ1v) is 26.8. The summed E-state index contributed by atoms with van der Waals surface area (Å²) >= 11 is 0. The van der Waals surface area contributed by atoms with Gasteiger partial charge in [-0.2, -0.15) is 0 Å². The van der Waals surface area contributed by atoms with Gasteiger partial charge in [0.15, 0.2) is 17.5 Å². The van der Waals surface area contributed by atoms with Gasteiger partial charge in [-0.05, 0) is 116 Å². The average molecular weight is 1030 g/mol. The molecule has 1 aliphatic carbocycles. The molecule has 380 valence electrons. The summed E-state index contributed by atoms with van der Waals surface area (Å²) in [7, 11) is 0. The summed E-state index contributed by atoms with van der Waals surface area (Å²) < 4.78 is 0. The molecule has 0 fully saturated rings. The number of hydrogen-bond donors (Lipinski definition) is 0. The van der Waals surface area contributed by atoms with Crippen LogP contribution in [0.1, 0.15) is 25.0 Å². The Morgan fingerprint density at radius 2 is 0.637 bits per heavy atom. The van der Waals surface area contributed by atoms with E-state index in [0.29, 0.717) is 11.6 Å². The maximum Gasteiger partial charge on any atom is 0.156 e. The topological polar surface area (TPSA) is 87.1 Å². The van der Waals surface area contributed by atoms with E-state index in [4.69, 9.17) is 15.0 Å². The monoisotopic (exact) mass is 1030 g/mol. The summed E-state index contributed by atoms with van der Waals surface area (Å²) in [6, 6.07) is 78.1. The van der Waals surface area contributed by atoms with Crippen molar-refractivity contribution in [2.75, 3.05) is 14.7 Å². The second-order valence-electron chi connectivity index (χ2n) is 20.5. The molecule has 0 atom stereocenters. The van der Waals surface area contributed by atoms with Gasteiger partial charge in [0.05, 0.1) is 30.0 Å². The van der Waals surface area contributed by atoms with Gasteiger partial charge in [-0.15, -0.1) is 0 Å². The van der Waals surface area contributed by atoms with Crippen molar-refractivity contribution in [2.45, 2.75) is 19.3 Å². The lowest BCUT2D eigenvalue weighted by Gasteiger charge is -2.32. The van der Waals surface area contributed by atoms with E-state index < -0.39 is 5.41 Å². The Bertz CT molecular complexity index is 4340. The minimum atomic E-state index is -0.463. The van der Waals surface area contributed by atoms with Crippen LogP contribution in [0.15, 0.2) is 274 Å². The molecule has 0 bridgehead atoms. The average Bonchev–Trinajstić information content (AvgIpc) is 3.55. The van der Waals surface area contributed by atoms with E-state index in [0.717, 1.165) is 106 Å². The number of benzene rings is 10. The molecular formula is C71H51N9. The molecule has 0 spiro atoms. The zero-order valence-corrected chi connectivity index (χ0v) is 44.0. The summed E-state index contributed by atoms with van der Waals surface area (Å²) in [6.07, 6.45) is 16.0. The van der Waals surface area contributed by atoms with E-state index in [9.17, 15) is 0 Å². The van der Waals surface area contributed by atoms with Crippen molar-refractivity contribution in [3.8, 4) is 44.5 Å². The van der Waals surface area contributed by atoms with E-state index in [-0.39, 0.29) is 0 Å². The number of hydrogen-bond acceptors (Lipinski definition) is 9. The first-order chi connectivity index (χ1) is 39.5. The van der Waals surface area contributed by atoms with Crippen molar-refractivity contribution in [3.05, 3.63) is 285 Å². The Balaban J connectivity index is 1.02. The van der Waals surface area contributed by atoms with Crippen LogP contribution in [0, 0.1) is 0 Å². The third-order valence-corrected chi connectivity index (χ3v) is 15.5. The number of fused-ring (bicyclic) bond motifs is 5. The Morgan fingerprint density at radius 1 is 0.287 bits per heavy atom. The van der Waals surface area contributed by atoms with Crippen LogP contribution >= 0.6 is 0 Å². The van der Waals surface area contributed by atoms with Crippen molar-refractivity contribution < 1.29 is 0 Å². The lowest BCUT2D eigenvalue weighted by atomic mass is 9.81. The predicted octanol–water partition coefficient (Wildman–Crippen LogP) is 18.1. The van der Waals surface area contributed by atoms with Gasteiger partial charge in [-0.25, -0.2) is 15.0 Å². The predicted molar refractivity (Wildman–Crippen MR) is 326 cm³/mol. The van der Waals surface area contributed by atoms with Crippen LogP contribution in [0.3, 0.4) is 0 Å². The Morgan fingerprint density at radius 3 is 1.05 bits per heavy atom. The van der Waals surface area contributed by atoms with Crippen LogP contribution in [0.2, 0.25) is 0 Å². The molecule has 13 aromatic rings. The zero-order chi connectivity index (χ0) is 53.6. The maximum absolute atomic E-state index is 5.06. The second-order valence-corrected chi connectivity index (χ2v) is 20.5. The SMILES string of the molecule is CC1(C)c2cc(N(c3ccc(-c4ccccc4)cc3)c3cnccn3)ccc2-c2cc3c(N(c4ccc(-c5ccccc5)cc4)c4cnccn4)c4ccccc4c(N(c4ccc(-c5ccccc5)cc4)c4cnccn4)c3cc21. The van der Waals surface area contributed by atoms with Crippen LogP contribution in [-0.4, -0.2) is 29.9 Å². The summed E-state index contributed by atoms with van der Waals surface area (Å²) in [4.78, 5) is 35.7. The highest BCUT2D eigenvalue weighted by Crippen LogP contribution is 2.57. The molecule has 14 rings (SSSR count). The van der Waals surface area contributed by atoms with Gasteiger partial charge >= 0.3 is 0 Å². The lowest BCUT2D eigenvalue weighted by molar-refractivity contribution is 0.661. The minimum Gasteiger partial charge on any atom is -0.294 e. The van der Waals surface area contributed by atoms with Gasteiger partial charge in [0.1, 0.15) is 0 Å². The molecule has 3 aromatic heterocycles. The molecule has 80 heavy (non-hydrogen) atoms. The molecule has 0 amide bonds. The van der Waals surface area contributed by atoms with Crippen molar-refractivity contribution in [1.29, 1.82) is 0 Å². The van der Waals surface area contributed by atoms with Crippen molar-refractivity contribution in [2.24, 2.45) is 0 Å². The van der Waals surface area contributed by atoms with Crippen LogP contribution < -0.4 is 14.7 Å². The molecule has 0 saturated heterocycles. The molecule has 9 heteroatoms. The van der Waals surface area contributed by atoms with Crippen molar-refractivity contribution in [3.63, 3.8) is 0 Å². The summed E-state index contributed by atoms with van der Waals surface area (Å²) in [5, 5.41) is 4.10. The van der Waals surface area contributed by atoms with Crippen LogP contribution in [0.5, 0.6) is 0 Å². The van der Waals surface area contributed by atoms with Gasteiger partial charge in [-0.1, -0.05) is 172 Å². The summed E-state index contributed by atoms with van der Waals surface area (Å²) in [5.74, 6) is 2.10. The minimum absolute atomic E-state index is 0.463. The quantitative estimate of drug-likeness (QED) is 0.0877. The van der Waals surface area contributed by atoms with Crippen molar-refractivity contribution >= 4 is 73.1 Å². The highest BCUT2D eigenvalue weighted by molar-refractivity contribution is 6.24. The van der Waals surface area contributed by atoms with Gasteiger partial charge in [0.25, 0.3) is 0 Å². The van der Waals surface area contributed by atoms with Crippen LogP contribution in [0.25, 0.3) is 66.1 Å². The molecule has 9 nitrogen and oxygen atoms in total. The van der Waals surface area contributed by atoms with E-state index in [1.807, 2.05) is 24.7 Å². The van der Waals surface area contributed by atoms with Crippen molar-refractivity contribution in [1.82, 2.24) is 29.9 Å². The van der Waals surface area contributed by atoms with E-state index in [1.165, 1.54) is 11.1 Å². The fourth-order valence-corrected chi connectivity index (χ4v) is 11.7. The number of anilines is 9. The molecule has 3 heterocycles. The molecule has 0 aliphatic heterocycles. The number of nitrogens with zero attached hydrogens (tertiary/aromatic N) is 9. The maximum atomic E-state index is 5.06. The van der Waals surface area contributed by atoms with Gasteiger partial charge < -0.3 is 0 Å². The molecule has 1 aliphatic rings. The van der Waals surface area contributed by atoms with Gasteiger partial charge in [0, 0.05) is 86.9 Å². The summed E-state index contributed by atoms with van der Waals surface area (Å²) in [5.41, 5.74) is 16.9. The summed E-state index contributed by atoms with van der Waals surface area (Å²) in [6.45, 7) is 4.69. The smallest absolute Gasteiger partial charge is 0.156 e. The van der Waals surface area contributed by atoms with E-state index in [2.05, 4.69) is 256 Å². The van der Waals surface area contributed by atoms with Crippen LogP contribution in [0.4, 0.5) is 51.6 Å². The first kappa shape index (κ1) is 47.8. The van der Waals surface area contributed by atoms with Gasteiger partial charge in [0.2, 0.25) is 0 Å². The third-order valence-electron chi connectivity index (χ3n) is 15.5. The molecule has 0 saturated carbocycles. The molecular weight excluding hydrogens is 979 g/mol.